The summed E-state index contributed by atoms with van der Waals surface area (Å²) in [4.78, 5) is 11.2. The van der Waals surface area contributed by atoms with Gasteiger partial charge in [0.25, 0.3) is 0 Å². The van der Waals surface area contributed by atoms with Crippen molar-refractivity contribution in [2.24, 2.45) is 0 Å². The maximum absolute atomic E-state index is 11.2. The van der Waals surface area contributed by atoms with Crippen molar-refractivity contribution in [1.82, 2.24) is 5.32 Å². The average Bonchev–Trinajstić information content (AvgIpc) is 2.44. The summed E-state index contributed by atoms with van der Waals surface area (Å²) in [5.41, 5.74) is 0. The van der Waals surface area contributed by atoms with E-state index in [2.05, 4.69) is 12.2 Å². The number of hydrogen-bond acceptors (Lipinski definition) is 3. The molecule has 20 heavy (non-hydrogen) atoms. The van der Waals surface area contributed by atoms with E-state index in [1.54, 1.807) is 0 Å². The Morgan fingerprint density at radius 1 is 0.800 bits per heavy atom. The molecule has 1 amide bonds. The molecule has 0 aromatic heterocycles. The third kappa shape index (κ3) is 16.2. The zero-order chi connectivity index (χ0) is 14.9. The van der Waals surface area contributed by atoms with Crippen LogP contribution in [-0.4, -0.2) is 24.0 Å². The van der Waals surface area contributed by atoms with Gasteiger partial charge in [-0.15, -0.1) is 0 Å². The normalized spacial score (nSPS) is 10.7. The lowest BCUT2D eigenvalue weighted by Gasteiger charge is -2.04. The van der Waals surface area contributed by atoms with Gasteiger partial charge in [-0.25, -0.2) is 0 Å². The number of rotatable bonds is 15. The fourth-order valence-electron chi connectivity index (χ4n) is 1.96. The van der Waals surface area contributed by atoms with Crippen molar-refractivity contribution in [3.8, 4) is 0 Å². The first-order valence-corrected chi connectivity index (χ1v) is 10.8. The van der Waals surface area contributed by atoms with Gasteiger partial charge >= 0.3 is 0 Å². The standard InChI is InChI=1S/C16H33NOS2/c1-3-5-6-7-8-9-10-11-14-19-20-15-13-17-16(18)12-4-2/h3-15H2,1-2H3,(H,17,18). The van der Waals surface area contributed by atoms with E-state index in [4.69, 9.17) is 0 Å². The predicted molar refractivity (Wildman–Crippen MR) is 95.4 cm³/mol. The second kappa shape index (κ2) is 17.2. The molecule has 0 atom stereocenters. The van der Waals surface area contributed by atoms with Gasteiger partial charge in [-0.1, -0.05) is 80.4 Å². The first kappa shape index (κ1) is 20.2. The highest BCUT2D eigenvalue weighted by Crippen LogP contribution is 2.22. The van der Waals surface area contributed by atoms with E-state index in [0.29, 0.717) is 6.42 Å². The highest BCUT2D eigenvalue weighted by atomic mass is 33.1. The van der Waals surface area contributed by atoms with E-state index in [1.807, 2.05) is 28.5 Å². The van der Waals surface area contributed by atoms with Crippen LogP contribution in [0.25, 0.3) is 0 Å². The van der Waals surface area contributed by atoms with Crippen LogP contribution in [0.4, 0.5) is 0 Å². The van der Waals surface area contributed by atoms with E-state index in [-0.39, 0.29) is 5.91 Å². The summed E-state index contributed by atoms with van der Waals surface area (Å²) in [6.45, 7) is 5.12. The van der Waals surface area contributed by atoms with E-state index >= 15 is 0 Å². The van der Waals surface area contributed by atoms with E-state index in [9.17, 15) is 4.79 Å². The minimum absolute atomic E-state index is 0.196. The van der Waals surface area contributed by atoms with Crippen LogP contribution < -0.4 is 5.32 Å². The SMILES string of the molecule is CCCCCCCCCCSSCCNC(=O)CCC. The third-order valence-corrected chi connectivity index (χ3v) is 5.64. The number of carbonyl (C=O) groups is 1. The number of hydrogen-bond donors (Lipinski definition) is 1. The molecule has 0 aliphatic carbocycles. The largest absolute Gasteiger partial charge is 0.355 e. The Bertz CT molecular complexity index is 213. The molecule has 0 unspecified atom stereocenters. The molecule has 0 saturated heterocycles. The van der Waals surface area contributed by atoms with Gasteiger partial charge in [0.05, 0.1) is 0 Å². The van der Waals surface area contributed by atoms with Crippen LogP contribution in [0.15, 0.2) is 0 Å². The third-order valence-electron chi connectivity index (χ3n) is 3.15. The Kier molecular flexibility index (Phi) is 17.4. The number of carbonyl (C=O) groups excluding carboxylic acids is 1. The van der Waals surface area contributed by atoms with Gasteiger partial charge in [0, 0.05) is 24.5 Å². The van der Waals surface area contributed by atoms with Gasteiger partial charge in [0.15, 0.2) is 0 Å². The highest BCUT2D eigenvalue weighted by molar-refractivity contribution is 8.76. The zero-order valence-corrected chi connectivity index (χ0v) is 15.1. The summed E-state index contributed by atoms with van der Waals surface area (Å²) in [5.74, 6) is 2.47. The molecular formula is C16H33NOS2. The van der Waals surface area contributed by atoms with E-state index in [0.717, 1.165) is 18.7 Å². The molecule has 0 aromatic carbocycles. The second-order valence-electron chi connectivity index (χ2n) is 5.22. The van der Waals surface area contributed by atoms with Crippen molar-refractivity contribution < 1.29 is 4.79 Å². The van der Waals surface area contributed by atoms with Crippen LogP contribution in [0.2, 0.25) is 0 Å². The Morgan fingerprint density at radius 3 is 2.05 bits per heavy atom. The fourth-order valence-corrected chi connectivity index (χ4v) is 4.01. The number of nitrogens with one attached hydrogen (secondary N) is 1. The zero-order valence-electron chi connectivity index (χ0n) is 13.4. The molecule has 120 valence electrons. The minimum Gasteiger partial charge on any atom is -0.355 e. The predicted octanol–water partition coefficient (Wildman–Crippen LogP) is 5.42. The van der Waals surface area contributed by atoms with Gasteiger partial charge in [0.2, 0.25) is 5.91 Å². The molecule has 0 heterocycles. The Hall–Kier alpha value is 0.170. The smallest absolute Gasteiger partial charge is 0.220 e. The van der Waals surface area contributed by atoms with Crippen molar-refractivity contribution in [3.63, 3.8) is 0 Å². The lowest BCUT2D eigenvalue weighted by atomic mass is 10.1. The first-order chi connectivity index (χ1) is 9.81. The molecule has 0 saturated carbocycles. The van der Waals surface area contributed by atoms with Gasteiger partial charge in [-0.05, 0) is 12.8 Å². The number of unbranched alkanes of at least 4 members (excludes halogenated alkanes) is 7. The summed E-state index contributed by atoms with van der Waals surface area (Å²) >= 11 is 0. The van der Waals surface area contributed by atoms with E-state index in [1.165, 1.54) is 57.1 Å². The van der Waals surface area contributed by atoms with Crippen molar-refractivity contribution >= 4 is 27.5 Å². The summed E-state index contributed by atoms with van der Waals surface area (Å²) in [5, 5.41) is 2.95. The van der Waals surface area contributed by atoms with Crippen LogP contribution in [0, 0.1) is 0 Å². The summed E-state index contributed by atoms with van der Waals surface area (Å²) in [6.07, 6.45) is 12.7. The maximum atomic E-state index is 11.2. The van der Waals surface area contributed by atoms with Gasteiger partial charge < -0.3 is 5.32 Å². The van der Waals surface area contributed by atoms with Crippen molar-refractivity contribution in [3.05, 3.63) is 0 Å². The maximum Gasteiger partial charge on any atom is 0.220 e. The molecule has 2 nitrogen and oxygen atoms in total. The molecule has 1 N–H and O–H groups in total. The van der Waals surface area contributed by atoms with Gasteiger partial charge in [0.1, 0.15) is 0 Å². The molecule has 4 heteroatoms. The fraction of sp³-hybridized carbons (Fsp3) is 0.938. The lowest BCUT2D eigenvalue weighted by Crippen LogP contribution is -2.24. The molecule has 0 rings (SSSR count). The second-order valence-corrected chi connectivity index (χ2v) is 7.92. The van der Waals surface area contributed by atoms with Crippen LogP contribution in [0.1, 0.15) is 78.1 Å². The average molecular weight is 320 g/mol. The summed E-state index contributed by atoms with van der Waals surface area (Å²) in [6, 6.07) is 0. The molecule has 0 radical (unpaired) electrons. The highest BCUT2D eigenvalue weighted by Gasteiger charge is 1.98. The summed E-state index contributed by atoms with van der Waals surface area (Å²) < 4.78 is 0. The molecule has 0 fully saturated rings. The molecule has 0 aliphatic heterocycles. The molecule has 0 bridgehead atoms. The monoisotopic (exact) mass is 319 g/mol. The van der Waals surface area contributed by atoms with Gasteiger partial charge in [-0.3, -0.25) is 4.79 Å². The molecule has 0 aromatic rings. The van der Waals surface area contributed by atoms with Crippen molar-refractivity contribution in [2.75, 3.05) is 18.1 Å². The quantitative estimate of drug-likeness (QED) is 0.322. The summed E-state index contributed by atoms with van der Waals surface area (Å²) in [7, 11) is 3.85. The van der Waals surface area contributed by atoms with Crippen LogP contribution in [-0.2, 0) is 4.79 Å². The first-order valence-electron chi connectivity index (χ1n) is 8.32. The minimum atomic E-state index is 0.196. The lowest BCUT2D eigenvalue weighted by molar-refractivity contribution is -0.120. The number of amides is 1. The molecular weight excluding hydrogens is 286 g/mol. The van der Waals surface area contributed by atoms with E-state index < -0.39 is 0 Å². The molecule has 0 aliphatic rings. The Balaban J connectivity index is 3.01. The van der Waals surface area contributed by atoms with Crippen LogP contribution in [0.3, 0.4) is 0 Å². The van der Waals surface area contributed by atoms with Crippen LogP contribution >= 0.6 is 21.6 Å². The molecule has 0 spiro atoms. The Morgan fingerprint density at radius 2 is 1.40 bits per heavy atom. The van der Waals surface area contributed by atoms with Crippen molar-refractivity contribution in [1.29, 1.82) is 0 Å². The van der Waals surface area contributed by atoms with Crippen molar-refractivity contribution in [2.45, 2.75) is 78.1 Å². The topological polar surface area (TPSA) is 29.1 Å². The van der Waals surface area contributed by atoms with Crippen LogP contribution in [0.5, 0.6) is 0 Å². The van der Waals surface area contributed by atoms with Gasteiger partial charge in [-0.2, -0.15) is 0 Å². The Labute approximate surface area is 134 Å².